The van der Waals surface area contributed by atoms with Crippen LogP contribution in [-0.2, 0) is 18.5 Å². The lowest BCUT2D eigenvalue weighted by Crippen LogP contribution is -2.09. The van der Waals surface area contributed by atoms with Crippen LogP contribution < -0.4 is 22.9 Å². The summed E-state index contributed by atoms with van der Waals surface area (Å²) in [7, 11) is 0. The van der Waals surface area contributed by atoms with Crippen LogP contribution in [0.1, 0.15) is 27.0 Å². The second-order valence-corrected chi connectivity index (χ2v) is 9.48. The van der Waals surface area contributed by atoms with Crippen LogP contribution in [0, 0.1) is 11.6 Å². The first kappa shape index (κ1) is 39.3. The van der Waals surface area contributed by atoms with E-state index in [1.807, 2.05) is 0 Å². The van der Waals surface area contributed by atoms with Crippen molar-refractivity contribution in [2.75, 3.05) is 22.9 Å². The average molecular weight is 735 g/mol. The molecule has 0 radical (unpaired) electrons. The quantitative estimate of drug-likeness (QED) is 0.0977. The van der Waals surface area contributed by atoms with Crippen molar-refractivity contribution >= 4 is 44.6 Å². The van der Waals surface area contributed by atoms with Gasteiger partial charge < -0.3 is 28.0 Å². The highest BCUT2D eigenvalue weighted by atomic mass is 79.9. The van der Waals surface area contributed by atoms with Gasteiger partial charge in [0, 0.05) is 15.8 Å². The Labute approximate surface area is 261 Å². The van der Waals surface area contributed by atoms with Crippen molar-refractivity contribution < 1.29 is 58.2 Å². The number of carboxylic acids is 1. The van der Waals surface area contributed by atoms with Gasteiger partial charge in [-0.05, 0) is 66.7 Å². The number of anilines is 4. The number of aromatic carboxylic acids is 1. The third kappa shape index (κ3) is 12.3. The van der Waals surface area contributed by atoms with E-state index < -0.39 is 64.2 Å². The van der Waals surface area contributed by atoms with Gasteiger partial charge in [0.15, 0.2) is 5.82 Å². The van der Waals surface area contributed by atoms with E-state index in [9.17, 15) is 53.1 Å². The van der Waals surface area contributed by atoms with Crippen LogP contribution >= 0.6 is 15.9 Å². The number of hydrogen-bond acceptors (Lipinski definition) is 5. The number of rotatable bonds is 1. The highest BCUT2D eigenvalue weighted by Gasteiger charge is 2.35. The topological polar surface area (TPSA) is 141 Å². The van der Waals surface area contributed by atoms with Crippen LogP contribution in [0.2, 0.25) is 0 Å². The van der Waals surface area contributed by atoms with Gasteiger partial charge in [-0.15, -0.1) is 0 Å². The van der Waals surface area contributed by atoms with Crippen molar-refractivity contribution in [3.05, 3.63) is 117 Å². The van der Waals surface area contributed by atoms with Gasteiger partial charge in [0.25, 0.3) is 0 Å². The van der Waals surface area contributed by atoms with E-state index in [0.29, 0.717) is 16.2 Å². The van der Waals surface area contributed by atoms with E-state index in [0.717, 1.165) is 36.4 Å². The molecule has 0 atom stereocenters. The van der Waals surface area contributed by atoms with E-state index in [1.54, 1.807) is 12.1 Å². The van der Waals surface area contributed by atoms with Gasteiger partial charge >= 0.3 is 24.5 Å². The molecule has 0 aliphatic carbocycles. The Morgan fingerprint density at radius 1 is 0.609 bits per heavy atom. The van der Waals surface area contributed by atoms with Crippen LogP contribution in [0.4, 0.5) is 71.0 Å². The first-order valence-corrected chi connectivity index (χ1v) is 12.7. The van der Waals surface area contributed by atoms with Gasteiger partial charge in [-0.3, -0.25) is 0 Å². The van der Waals surface area contributed by atoms with E-state index in [-0.39, 0.29) is 11.3 Å². The SMILES string of the molecule is Nc1c(F)cccc1C(F)(F)F.Nc1ccc(Br)cc1C(F)(F)F.Nc1ccc(C(=O)O)cc1.Nc1cccc(C(F)(F)F)c1F. The molecule has 4 aromatic carbocycles. The summed E-state index contributed by atoms with van der Waals surface area (Å²) in [5, 5.41) is 8.43. The summed E-state index contributed by atoms with van der Waals surface area (Å²) in [5.41, 5.74) is 16.2. The minimum Gasteiger partial charge on any atom is -0.478 e. The molecular weight excluding hydrogens is 713 g/mol. The zero-order chi connectivity index (χ0) is 35.6. The van der Waals surface area contributed by atoms with Crippen molar-refractivity contribution in [1.82, 2.24) is 0 Å². The summed E-state index contributed by atoms with van der Waals surface area (Å²) < 4.78 is 134. The van der Waals surface area contributed by atoms with Crippen LogP contribution in [-0.4, -0.2) is 11.1 Å². The Balaban J connectivity index is 0.000000307. The Hall–Kier alpha value is -4.74. The lowest BCUT2D eigenvalue weighted by atomic mass is 10.1. The molecule has 0 saturated heterocycles. The lowest BCUT2D eigenvalue weighted by Gasteiger charge is -2.09. The molecule has 0 aromatic heterocycles. The first-order valence-electron chi connectivity index (χ1n) is 11.9. The maximum atomic E-state index is 12.7. The van der Waals surface area contributed by atoms with E-state index >= 15 is 0 Å². The van der Waals surface area contributed by atoms with Crippen LogP contribution in [0.3, 0.4) is 0 Å². The molecule has 0 unspecified atom stereocenters. The minimum atomic E-state index is -4.68. The largest absolute Gasteiger partial charge is 0.478 e. The maximum Gasteiger partial charge on any atom is 0.419 e. The van der Waals surface area contributed by atoms with Gasteiger partial charge in [-0.2, -0.15) is 39.5 Å². The second kappa shape index (κ2) is 16.0. The molecule has 250 valence electrons. The zero-order valence-electron chi connectivity index (χ0n) is 22.7. The Kier molecular flexibility index (Phi) is 13.7. The Bertz CT molecular complexity index is 1530. The number of carbonyl (C=O) groups is 1. The smallest absolute Gasteiger partial charge is 0.419 e. The molecule has 4 aromatic rings. The van der Waals surface area contributed by atoms with Crippen LogP contribution in [0.15, 0.2) is 83.3 Å². The molecule has 0 aliphatic heterocycles. The number of carboxylic acid groups (broad SMARTS) is 1. The number of hydrogen-bond donors (Lipinski definition) is 5. The van der Waals surface area contributed by atoms with Crippen molar-refractivity contribution in [2.45, 2.75) is 18.5 Å². The van der Waals surface area contributed by atoms with Crippen LogP contribution in [0.25, 0.3) is 0 Å². The fourth-order valence-electron chi connectivity index (χ4n) is 2.95. The third-order valence-electron chi connectivity index (χ3n) is 5.17. The van der Waals surface area contributed by atoms with Gasteiger partial charge in [0.2, 0.25) is 0 Å². The van der Waals surface area contributed by atoms with Gasteiger partial charge in [0.05, 0.1) is 33.6 Å². The standard InChI is InChI=1S/C7H5BrF3N.2C7H5F4N.C7H7NO2/c8-4-1-2-6(12)5(3-4)7(9,10)11;8-6-4(7(9,10)11)2-1-3-5(6)12;8-5-3-1-2-4(6(5)12)7(9,10)11;8-6-3-1-5(2-4-6)7(9)10/h3*1-3H,12H2;1-4H,8H2,(H,9,10). The summed E-state index contributed by atoms with van der Waals surface area (Å²) in [5.74, 6) is -3.39. The number of halogens is 12. The van der Waals surface area contributed by atoms with Crippen molar-refractivity contribution in [3.8, 4) is 0 Å². The molecule has 0 saturated carbocycles. The molecule has 9 N–H and O–H groups in total. The summed E-state index contributed by atoms with van der Waals surface area (Å²) in [6.45, 7) is 0. The molecule has 0 amide bonds. The molecule has 0 bridgehead atoms. The number of para-hydroxylation sites is 1. The van der Waals surface area contributed by atoms with Crippen LogP contribution in [0.5, 0.6) is 0 Å². The zero-order valence-corrected chi connectivity index (χ0v) is 24.3. The number of nitrogen functional groups attached to an aromatic ring is 4. The predicted octanol–water partition coefficient (Wildman–Crippen LogP) is 8.87. The highest BCUT2D eigenvalue weighted by Crippen LogP contribution is 2.36. The molecular formula is C28H22BrF11N4O2. The van der Waals surface area contributed by atoms with Gasteiger partial charge in [-0.25, -0.2) is 13.6 Å². The fourth-order valence-corrected chi connectivity index (χ4v) is 3.31. The van der Waals surface area contributed by atoms with E-state index in [1.165, 1.54) is 24.3 Å². The molecule has 0 aliphatic rings. The highest BCUT2D eigenvalue weighted by molar-refractivity contribution is 9.10. The van der Waals surface area contributed by atoms with E-state index in [4.69, 9.17) is 28.0 Å². The Morgan fingerprint density at radius 3 is 1.50 bits per heavy atom. The minimum absolute atomic E-state index is 0.259. The summed E-state index contributed by atoms with van der Waals surface area (Å²) in [4.78, 5) is 10.3. The summed E-state index contributed by atoms with van der Waals surface area (Å²) in [6.07, 6.45) is -13.7. The third-order valence-corrected chi connectivity index (χ3v) is 5.66. The van der Waals surface area contributed by atoms with Crippen molar-refractivity contribution in [3.63, 3.8) is 0 Å². The summed E-state index contributed by atoms with van der Waals surface area (Å²) >= 11 is 2.93. The second-order valence-electron chi connectivity index (χ2n) is 8.56. The molecule has 0 fully saturated rings. The summed E-state index contributed by atoms with van der Waals surface area (Å²) in [6, 6.07) is 15.0. The molecule has 18 heteroatoms. The Morgan fingerprint density at radius 2 is 1.09 bits per heavy atom. The van der Waals surface area contributed by atoms with Gasteiger partial charge in [0.1, 0.15) is 5.82 Å². The number of benzene rings is 4. The van der Waals surface area contributed by atoms with Gasteiger partial charge in [-0.1, -0.05) is 28.1 Å². The fraction of sp³-hybridized carbons (Fsp3) is 0.107. The van der Waals surface area contributed by atoms with Crippen molar-refractivity contribution in [2.24, 2.45) is 0 Å². The number of nitrogens with two attached hydrogens (primary N) is 4. The monoisotopic (exact) mass is 734 g/mol. The predicted molar refractivity (Wildman–Crippen MR) is 153 cm³/mol. The lowest BCUT2D eigenvalue weighted by molar-refractivity contribution is -0.140. The normalized spacial score (nSPS) is 11.1. The average Bonchev–Trinajstić information content (AvgIpc) is 2.92. The maximum absolute atomic E-state index is 12.7. The van der Waals surface area contributed by atoms with Crippen molar-refractivity contribution in [1.29, 1.82) is 0 Å². The molecule has 6 nitrogen and oxygen atoms in total. The molecule has 0 spiro atoms. The molecule has 0 heterocycles. The molecule has 4 rings (SSSR count). The molecule has 46 heavy (non-hydrogen) atoms. The van der Waals surface area contributed by atoms with E-state index in [2.05, 4.69) is 15.9 Å². The first-order chi connectivity index (χ1) is 21.0. The number of alkyl halides is 9.